The first-order valence-electron chi connectivity index (χ1n) is 10.2. The molecule has 2 aromatic carbocycles. The third-order valence-corrected chi connectivity index (χ3v) is 4.42. The fourth-order valence-corrected chi connectivity index (χ4v) is 2.93. The predicted molar refractivity (Wildman–Crippen MR) is 120 cm³/mol. The number of nitrogens with zero attached hydrogens (tertiary/aromatic N) is 3. The van der Waals surface area contributed by atoms with Crippen molar-refractivity contribution < 1.29 is 13.9 Å². The van der Waals surface area contributed by atoms with Crippen molar-refractivity contribution in [3.63, 3.8) is 0 Å². The van der Waals surface area contributed by atoms with E-state index in [4.69, 9.17) is 9.47 Å². The molecule has 0 aliphatic heterocycles. The summed E-state index contributed by atoms with van der Waals surface area (Å²) in [4.78, 5) is 8.54. The van der Waals surface area contributed by atoms with Crippen LogP contribution in [0.1, 0.15) is 18.9 Å². The number of hydrogen-bond acceptors (Lipinski definition) is 4. The first-order chi connectivity index (χ1) is 15.2. The summed E-state index contributed by atoms with van der Waals surface area (Å²) >= 11 is 0. The maximum atomic E-state index is 14.5. The fraction of sp³-hybridized carbons (Fsp3) is 0.304. The second kappa shape index (κ2) is 11.7. The molecule has 0 radical (unpaired) electrons. The van der Waals surface area contributed by atoms with Crippen molar-refractivity contribution in [2.24, 2.45) is 4.99 Å². The number of methoxy groups -OCH3 is 1. The highest BCUT2D eigenvalue weighted by Crippen LogP contribution is 2.18. The van der Waals surface area contributed by atoms with Gasteiger partial charge in [-0.1, -0.05) is 12.1 Å². The van der Waals surface area contributed by atoms with E-state index >= 15 is 0 Å². The number of nitrogens with one attached hydrogen (secondary N) is 2. The lowest BCUT2D eigenvalue weighted by molar-refractivity contribution is 0.172. The van der Waals surface area contributed by atoms with Gasteiger partial charge in [0.25, 0.3) is 0 Å². The normalized spacial score (nSPS) is 11.4. The molecule has 1 heterocycles. The van der Waals surface area contributed by atoms with Gasteiger partial charge in [-0.25, -0.2) is 14.4 Å². The summed E-state index contributed by atoms with van der Waals surface area (Å²) in [5.41, 5.74) is 2.08. The summed E-state index contributed by atoms with van der Waals surface area (Å²) in [6.45, 7) is 4.29. The molecule has 31 heavy (non-hydrogen) atoms. The summed E-state index contributed by atoms with van der Waals surface area (Å²) < 4.78 is 26.9. The molecule has 0 saturated heterocycles. The van der Waals surface area contributed by atoms with E-state index in [-0.39, 0.29) is 5.82 Å². The van der Waals surface area contributed by atoms with Crippen LogP contribution in [-0.2, 0) is 11.3 Å². The highest BCUT2D eigenvalue weighted by Gasteiger charge is 2.06. The molecular weight excluding hydrogens is 397 g/mol. The minimum atomic E-state index is -0.318. The molecular formula is C23H28FN5O2. The molecule has 2 N–H and O–H groups in total. The Bertz CT molecular complexity index is 976. The Morgan fingerprint density at radius 2 is 2.10 bits per heavy atom. The van der Waals surface area contributed by atoms with Gasteiger partial charge in [-0.2, -0.15) is 0 Å². The smallest absolute Gasteiger partial charge is 0.196 e. The Hall–Kier alpha value is -3.39. The van der Waals surface area contributed by atoms with Gasteiger partial charge in [-0.15, -0.1) is 0 Å². The first kappa shape index (κ1) is 22.3. The van der Waals surface area contributed by atoms with Crippen molar-refractivity contribution in [2.75, 3.05) is 32.2 Å². The number of ether oxygens (including phenoxy) is 2. The van der Waals surface area contributed by atoms with E-state index in [0.29, 0.717) is 38.0 Å². The molecule has 0 fully saturated rings. The second-order valence-corrected chi connectivity index (χ2v) is 6.80. The molecule has 0 spiro atoms. The van der Waals surface area contributed by atoms with Gasteiger partial charge in [-0.3, -0.25) is 0 Å². The average Bonchev–Trinajstić information content (AvgIpc) is 3.30. The summed E-state index contributed by atoms with van der Waals surface area (Å²) in [5.74, 6) is 1.06. The van der Waals surface area contributed by atoms with E-state index in [9.17, 15) is 4.39 Å². The highest BCUT2D eigenvalue weighted by molar-refractivity contribution is 5.93. The Morgan fingerprint density at radius 3 is 2.84 bits per heavy atom. The monoisotopic (exact) mass is 425 g/mol. The Morgan fingerprint density at radius 1 is 1.19 bits per heavy atom. The zero-order valence-corrected chi connectivity index (χ0v) is 17.8. The number of guanidine groups is 1. The van der Waals surface area contributed by atoms with Crippen LogP contribution in [0.15, 0.2) is 66.2 Å². The first-order valence-corrected chi connectivity index (χ1v) is 10.2. The number of rotatable bonds is 10. The van der Waals surface area contributed by atoms with Crippen LogP contribution in [0.2, 0.25) is 0 Å². The Labute approximate surface area is 181 Å². The number of imidazole rings is 1. The molecule has 1 aromatic heterocycles. The SMILES string of the molecule is CCNC(=NCc1ccc(-n2ccnc2)c(F)c1)Nc1cccc(OCCCOC)c1. The van der Waals surface area contributed by atoms with E-state index < -0.39 is 0 Å². The zero-order chi connectivity index (χ0) is 21.9. The van der Waals surface area contributed by atoms with Crippen molar-refractivity contribution in [1.82, 2.24) is 14.9 Å². The van der Waals surface area contributed by atoms with Gasteiger partial charge < -0.3 is 24.7 Å². The number of anilines is 1. The van der Waals surface area contributed by atoms with E-state index in [1.807, 2.05) is 37.3 Å². The van der Waals surface area contributed by atoms with Crippen molar-refractivity contribution >= 4 is 11.6 Å². The predicted octanol–water partition coefficient (Wildman–Crippen LogP) is 4.00. The average molecular weight is 426 g/mol. The fourth-order valence-electron chi connectivity index (χ4n) is 2.93. The highest BCUT2D eigenvalue weighted by atomic mass is 19.1. The molecule has 164 valence electrons. The van der Waals surface area contributed by atoms with Crippen molar-refractivity contribution in [3.05, 3.63) is 72.6 Å². The van der Waals surface area contributed by atoms with Crippen molar-refractivity contribution in [2.45, 2.75) is 19.9 Å². The molecule has 0 atom stereocenters. The standard InChI is InChI=1S/C23H28FN5O2/c1-3-26-23(28-19-6-4-7-20(15-19)31-13-5-12-30-2)27-16-18-8-9-22(21(24)14-18)29-11-10-25-17-29/h4,6-11,14-15,17H,3,5,12-13,16H2,1-2H3,(H2,26,27,28). The lowest BCUT2D eigenvalue weighted by Crippen LogP contribution is -2.30. The summed E-state index contributed by atoms with van der Waals surface area (Å²) in [6.07, 6.45) is 5.72. The zero-order valence-electron chi connectivity index (χ0n) is 17.8. The van der Waals surface area contributed by atoms with E-state index in [1.54, 1.807) is 36.5 Å². The third-order valence-electron chi connectivity index (χ3n) is 4.42. The molecule has 3 aromatic rings. The molecule has 0 bridgehead atoms. The van der Waals surface area contributed by atoms with Crippen LogP contribution < -0.4 is 15.4 Å². The number of benzene rings is 2. The van der Waals surface area contributed by atoms with Crippen LogP contribution in [0.3, 0.4) is 0 Å². The quantitative estimate of drug-likeness (QED) is 0.292. The Balaban J connectivity index is 1.64. The number of aromatic nitrogens is 2. The minimum absolute atomic E-state index is 0.318. The van der Waals surface area contributed by atoms with Crippen LogP contribution >= 0.6 is 0 Å². The largest absolute Gasteiger partial charge is 0.493 e. The number of aliphatic imine (C=N–C) groups is 1. The third kappa shape index (κ3) is 6.82. The lowest BCUT2D eigenvalue weighted by atomic mass is 10.2. The topological polar surface area (TPSA) is 72.7 Å². The molecule has 8 heteroatoms. The summed E-state index contributed by atoms with van der Waals surface area (Å²) in [5, 5.41) is 6.47. The summed E-state index contributed by atoms with van der Waals surface area (Å²) in [7, 11) is 1.68. The Kier molecular flexibility index (Phi) is 8.42. The van der Waals surface area contributed by atoms with Crippen LogP contribution in [0.25, 0.3) is 5.69 Å². The van der Waals surface area contributed by atoms with Crippen LogP contribution in [-0.4, -0.2) is 42.4 Å². The van der Waals surface area contributed by atoms with E-state index in [0.717, 1.165) is 23.4 Å². The molecule has 7 nitrogen and oxygen atoms in total. The van der Waals surface area contributed by atoms with Gasteiger partial charge >= 0.3 is 0 Å². The molecule has 0 saturated carbocycles. The maximum Gasteiger partial charge on any atom is 0.196 e. The maximum absolute atomic E-state index is 14.5. The molecule has 0 aliphatic carbocycles. The summed E-state index contributed by atoms with van der Waals surface area (Å²) in [6, 6.07) is 12.8. The molecule has 0 unspecified atom stereocenters. The lowest BCUT2D eigenvalue weighted by Gasteiger charge is -2.13. The van der Waals surface area contributed by atoms with E-state index in [1.165, 1.54) is 6.07 Å². The second-order valence-electron chi connectivity index (χ2n) is 6.80. The van der Waals surface area contributed by atoms with E-state index in [2.05, 4.69) is 20.6 Å². The van der Waals surface area contributed by atoms with Crippen LogP contribution in [0.4, 0.5) is 10.1 Å². The van der Waals surface area contributed by atoms with Crippen molar-refractivity contribution in [3.8, 4) is 11.4 Å². The molecule has 0 amide bonds. The minimum Gasteiger partial charge on any atom is -0.493 e. The number of hydrogen-bond donors (Lipinski definition) is 2. The van der Waals surface area contributed by atoms with Crippen LogP contribution in [0.5, 0.6) is 5.75 Å². The van der Waals surface area contributed by atoms with Crippen molar-refractivity contribution in [1.29, 1.82) is 0 Å². The molecule has 3 rings (SSSR count). The van der Waals surface area contributed by atoms with Gasteiger partial charge in [0.2, 0.25) is 0 Å². The number of halogens is 1. The van der Waals surface area contributed by atoms with Gasteiger partial charge in [-0.05, 0) is 36.8 Å². The van der Waals surface area contributed by atoms with Gasteiger partial charge in [0.05, 0.1) is 25.2 Å². The van der Waals surface area contributed by atoms with Gasteiger partial charge in [0.1, 0.15) is 11.6 Å². The molecule has 0 aliphatic rings. The van der Waals surface area contributed by atoms with Gasteiger partial charge in [0, 0.05) is 50.8 Å². The van der Waals surface area contributed by atoms with Gasteiger partial charge in [0.15, 0.2) is 5.96 Å². The van der Waals surface area contributed by atoms with Crippen LogP contribution in [0, 0.1) is 5.82 Å².